The highest BCUT2D eigenvalue weighted by Gasteiger charge is 2.42. The smallest absolute Gasteiger partial charge is 0.507 e. The summed E-state index contributed by atoms with van der Waals surface area (Å²) in [5, 5.41) is 15.1. The van der Waals surface area contributed by atoms with Crippen LogP contribution in [0.1, 0.15) is 0 Å². The van der Waals surface area contributed by atoms with Gasteiger partial charge in [0.25, 0.3) is 0 Å². The predicted octanol–water partition coefficient (Wildman–Crippen LogP) is 7.85. The third kappa shape index (κ3) is 2.91. The summed E-state index contributed by atoms with van der Waals surface area (Å²) in [6, 6.07) is 36.1. The normalized spacial score (nSPS) is 13.0. The molecule has 0 fully saturated rings. The van der Waals surface area contributed by atoms with Crippen LogP contribution in [0, 0.1) is 0 Å². The SMILES string of the molecule is Oc1ccccc1-c1cc2ccccc2c2c1OB1Oc3ccccc3-c3cc4ccccc4c-2c3O1. The van der Waals surface area contributed by atoms with E-state index in [2.05, 4.69) is 48.5 Å². The largest absolute Gasteiger partial charge is 0.864 e. The molecular weight excluding hydrogens is 459 g/mol. The first-order valence-electron chi connectivity index (χ1n) is 12.3. The Balaban J connectivity index is 1.61. The molecule has 0 atom stereocenters. The molecule has 0 saturated heterocycles. The lowest BCUT2D eigenvalue weighted by atomic mass is 9.86. The Hall–Kier alpha value is -4.90. The van der Waals surface area contributed by atoms with Crippen molar-refractivity contribution in [3.05, 3.63) is 109 Å². The van der Waals surface area contributed by atoms with Gasteiger partial charge in [0.2, 0.25) is 0 Å². The van der Waals surface area contributed by atoms with Crippen LogP contribution in [-0.2, 0) is 0 Å². The van der Waals surface area contributed by atoms with Crippen LogP contribution < -0.4 is 14.0 Å². The van der Waals surface area contributed by atoms with Crippen molar-refractivity contribution in [3.63, 3.8) is 0 Å². The average Bonchev–Trinajstić information content (AvgIpc) is 3.20. The first-order chi connectivity index (χ1) is 18.3. The summed E-state index contributed by atoms with van der Waals surface area (Å²) in [7, 11) is -1.01. The maximum atomic E-state index is 10.9. The van der Waals surface area contributed by atoms with Gasteiger partial charge in [-0.25, -0.2) is 0 Å². The fraction of sp³-hybridized carbons (Fsp3) is 0. The summed E-state index contributed by atoms with van der Waals surface area (Å²) in [5.41, 5.74) is 5.26. The fourth-order valence-electron chi connectivity index (χ4n) is 5.66. The quantitative estimate of drug-likeness (QED) is 0.245. The summed E-state index contributed by atoms with van der Waals surface area (Å²) in [5.74, 6) is 2.22. The Kier molecular flexibility index (Phi) is 4.14. The Morgan fingerprint density at radius 1 is 0.486 bits per heavy atom. The van der Waals surface area contributed by atoms with Crippen LogP contribution in [0.5, 0.6) is 23.0 Å². The number of para-hydroxylation sites is 2. The van der Waals surface area contributed by atoms with Gasteiger partial charge < -0.3 is 19.1 Å². The molecule has 0 radical (unpaired) electrons. The summed E-state index contributed by atoms with van der Waals surface area (Å²) in [6.07, 6.45) is 0. The van der Waals surface area contributed by atoms with Gasteiger partial charge in [-0.2, -0.15) is 0 Å². The lowest BCUT2D eigenvalue weighted by Gasteiger charge is -2.21. The fourth-order valence-corrected chi connectivity index (χ4v) is 5.66. The second-order valence-corrected chi connectivity index (χ2v) is 9.35. The van der Waals surface area contributed by atoms with E-state index in [1.165, 1.54) is 0 Å². The number of phenolic OH excluding ortho intramolecular Hbond substituents is 1. The van der Waals surface area contributed by atoms with Crippen LogP contribution in [0.15, 0.2) is 109 Å². The molecule has 174 valence electrons. The van der Waals surface area contributed by atoms with Gasteiger partial charge in [0.05, 0.1) is 0 Å². The molecule has 0 unspecified atom stereocenters. The highest BCUT2D eigenvalue weighted by atomic mass is 16.7. The minimum absolute atomic E-state index is 0.183. The van der Waals surface area contributed by atoms with Gasteiger partial charge in [-0.3, -0.25) is 0 Å². The van der Waals surface area contributed by atoms with Crippen LogP contribution in [0.3, 0.4) is 0 Å². The van der Waals surface area contributed by atoms with Gasteiger partial charge in [0.15, 0.2) is 0 Å². The van der Waals surface area contributed by atoms with Crippen LogP contribution in [0.2, 0.25) is 0 Å². The van der Waals surface area contributed by atoms with E-state index in [1.54, 1.807) is 6.07 Å². The van der Waals surface area contributed by atoms with Gasteiger partial charge >= 0.3 is 7.32 Å². The van der Waals surface area contributed by atoms with Crippen molar-refractivity contribution in [2.45, 2.75) is 0 Å². The van der Waals surface area contributed by atoms with Gasteiger partial charge in [0.1, 0.15) is 23.0 Å². The highest BCUT2D eigenvalue weighted by molar-refractivity contribution is 6.42. The van der Waals surface area contributed by atoms with E-state index < -0.39 is 7.32 Å². The van der Waals surface area contributed by atoms with Crippen LogP contribution in [-0.4, -0.2) is 12.4 Å². The summed E-state index contributed by atoms with van der Waals surface area (Å²) >= 11 is 0. The van der Waals surface area contributed by atoms with Gasteiger partial charge in [-0.05, 0) is 45.8 Å². The molecule has 1 N–H and O–H groups in total. The lowest BCUT2D eigenvalue weighted by molar-refractivity contribution is 0.317. The summed E-state index contributed by atoms with van der Waals surface area (Å²) < 4.78 is 19.5. The molecule has 6 aromatic rings. The number of rotatable bonds is 1. The van der Waals surface area contributed by atoms with E-state index >= 15 is 0 Å². The lowest BCUT2D eigenvalue weighted by Crippen LogP contribution is -2.35. The number of phenols is 1. The van der Waals surface area contributed by atoms with E-state index in [-0.39, 0.29) is 5.75 Å². The first kappa shape index (κ1) is 20.3. The third-order valence-corrected chi connectivity index (χ3v) is 7.28. The molecular formula is C32H19BO4. The summed E-state index contributed by atoms with van der Waals surface area (Å²) in [6.45, 7) is 0. The highest BCUT2D eigenvalue weighted by Crippen LogP contribution is 2.56. The van der Waals surface area contributed by atoms with Crippen LogP contribution in [0.4, 0.5) is 0 Å². The van der Waals surface area contributed by atoms with Crippen molar-refractivity contribution in [1.29, 1.82) is 0 Å². The van der Waals surface area contributed by atoms with Crippen molar-refractivity contribution in [1.82, 2.24) is 0 Å². The first-order valence-corrected chi connectivity index (χ1v) is 12.3. The molecule has 2 bridgehead atoms. The van der Waals surface area contributed by atoms with E-state index in [1.807, 2.05) is 54.6 Å². The zero-order valence-electron chi connectivity index (χ0n) is 19.6. The minimum atomic E-state index is -1.01. The van der Waals surface area contributed by atoms with Crippen LogP contribution in [0.25, 0.3) is 54.9 Å². The Morgan fingerprint density at radius 3 is 1.65 bits per heavy atom. The molecule has 37 heavy (non-hydrogen) atoms. The van der Waals surface area contributed by atoms with Crippen molar-refractivity contribution in [3.8, 4) is 56.4 Å². The molecule has 6 aromatic carbocycles. The summed E-state index contributed by atoms with van der Waals surface area (Å²) in [4.78, 5) is 0. The second kappa shape index (κ2) is 7.55. The molecule has 8 rings (SSSR count). The number of hydrogen-bond donors (Lipinski definition) is 1. The molecule has 4 nitrogen and oxygen atoms in total. The number of hydrogen-bond acceptors (Lipinski definition) is 4. The van der Waals surface area contributed by atoms with E-state index in [9.17, 15) is 5.11 Å². The molecule has 2 heterocycles. The van der Waals surface area contributed by atoms with Crippen molar-refractivity contribution >= 4 is 28.9 Å². The van der Waals surface area contributed by atoms with Gasteiger partial charge in [0, 0.05) is 33.4 Å². The second-order valence-electron chi connectivity index (χ2n) is 9.35. The number of benzene rings is 6. The minimum Gasteiger partial charge on any atom is -0.507 e. The molecule has 5 heteroatoms. The van der Waals surface area contributed by atoms with E-state index in [0.29, 0.717) is 17.1 Å². The maximum Gasteiger partial charge on any atom is 0.864 e. The molecule has 0 aliphatic carbocycles. The van der Waals surface area contributed by atoms with Crippen molar-refractivity contribution < 1.29 is 19.1 Å². The Morgan fingerprint density at radius 2 is 1.00 bits per heavy atom. The molecule has 0 aromatic heterocycles. The zero-order chi connectivity index (χ0) is 24.5. The van der Waals surface area contributed by atoms with E-state index in [0.717, 1.165) is 55.1 Å². The topological polar surface area (TPSA) is 47.9 Å². The average molecular weight is 478 g/mol. The Labute approximate surface area is 213 Å². The zero-order valence-corrected chi connectivity index (χ0v) is 19.6. The molecule has 2 aliphatic rings. The van der Waals surface area contributed by atoms with Gasteiger partial charge in [-0.15, -0.1) is 0 Å². The Bertz CT molecular complexity index is 1890. The number of aromatic hydroxyl groups is 1. The molecule has 2 aliphatic heterocycles. The molecule has 0 amide bonds. The monoisotopic (exact) mass is 478 g/mol. The standard InChI is InChI=1S/C32H19BO4/c34-27-15-7-5-13-23(27)25-17-19-9-1-3-11-21(19)29-30-22-12-4-2-10-20(22)18-26-24-14-6-8-16-28(24)35-33(36-31(25)29)37-32(26)30/h1-18,34H. The van der Waals surface area contributed by atoms with Gasteiger partial charge in [-0.1, -0.05) is 84.9 Å². The van der Waals surface area contributed by atoms with Crippen molar-refractivity contribution in [2.24, 2.45) is 0 Å². The predicted molar refractivity (Wildman–Crippen MR) is 147 cm³/mol. The van der Waals surface area contributed by atoms with Crippen LogP contribution >= 0.6 is 0 Å². The maximum absolute atomic E-state index is 10.9. The molecule has 0 spiro atoms. The third-order valence-electron chi connectivity index (χ3n) is 7.28. The molecule has 0 saturated carbocycles. The van der Waals surface area contributed by atoms with E-state index in [4.69, 9.17) is 14.0 Å². The number of fused-ring (bicyclic) bond motifs is 9. The van der Waals surface area contributed by atoms with Crippen molar-refractivity contribution in [2.75, 3.05) is 0 Å².